The number of para-hydroxylation sites is 6. The van der Waals surface area contributed by atoms with Crippen molar-refractivity contribution in [2.45, 2.75) is 0 Å². The summed E-state index contributed by atoms with van der Waals surface area (Å²) < 4.78 is 13.9. The largest absolute Gasteiger partial charge is 0.355 e. The van der Waals surface area contributed by atoms with E-state index in [1.54, 1.807) is 0 Å². The van der Waals surface area contributed by atoms with Crippen LogP contribution in [0.3, 0.4) is 0 Å². The molecule has 7 heteroatoms. The zero-order valence-electron chi connectivity index (χ0n) is 48.7. The predicted octanol–water partition coefficient (Wildman–Crippen LogP) is 24.9. The average Bonchev–Trinajstić information content (AvgIpc) is 1.56. The lowest BCUT2D eigenvalue weighted by Crippen LogP contribution is -1.93. The number of nitrogens with one attached hydrogen (secondary N) is 1. The highest BCUT2D eigenvalue weighted by atomic mass is 79.9. The number of benzene rings is 14. The van der Waals surface area contributed by atoms with Crippen molar-refractivity contribution in [1.29, 1.82) is 0 Å². The van der Waals surface area contributed by atoms with Gasteiger partial charge in [0.05, 0.1) is 44.1 Å². The van der Waals surface area contributed by atoms with Crippen molar-refractivity contribution in [1.82, 2.24) is 18.4 Å². The summed E-state index contributed by atoms with van der Waals surface area (Å²) in [7, 11) is 0. The van der Waals surface area contributed by atoms with Crippen molar-refractivity contribution in [3.8, 4) is 27.9 Å². The van der Waals surface area contributed by atoms with E-state index >= 15 is 0 Å². The van der Waals surface area contributed by atoms with E-state index in [1.807, 2.05) is 22.7 Å². The van der Waals surface area contributed by atoms with Crippen molar-refractivity contribution in [3.05, 3.63) is 296 Å². The molecule has 0 aliphatic carbocycles. The van der Waals surface area contributed by atoms with Crippen molar-refractivity contribution >= 4 is 199 Å². The summed E-state index contributed by atoms with van der Waals surface area (Å²) in [5.41, 5.74) is 18.7. The fraction of sp³-hybridized carbons (Fsp3) is 0. The van der Waals surface area contributed by atoms with Gasteiger partial charge in [-0.25, -0.2) is 0 Å². The monoisotopic (exact) mass is 1260 g/mol. The van der Waals surface area contributed by atoms with E-state index in [2.05, 4.69) is 325 Å². The number of fused-ring (bicyclic) bond motifs is 24. The van der Waals surface area contributed by atoms with Gasteiger partial charge in [-0.2, -0.15) is 0 Å². The normalized spacial score (nSPS) is 12.2. The summed E-state index contributed by atoms with van der Waals surface area (Å²) in [4.78, 5) is 3.54. The van der Waals surface area contributed by atoms with Crippen molar-refractivity contribution in [2.24, 2.45) is 0 Å². The van der Waals surface area contributed by atoms with E-state index in [0.29, 0.717) is 0 Å². The molecule has 22 rings (SSSR count). The topological polar surface area (TPSA) is 29.5 Å². The summed E-state index contributed by atoms with van der Waals surface area (Å²) in [6, 6.07) is 107. The van der Waals surface area contributed by atoms with Crippen LogP contribution in [0.4, 0.5) is 0 Å². The van der Waals surface area contributed by atoms with Crippen LogP contribution in [0.15, 0.2) is 296 Å². The fourth-order valence-electron chi connectivity index (χ4n) is 15.2. The first-order chi connectivity index (χ1) is 45.0. The fourth-order valence-corrected chi connectivity index (χ4v) is 17.8. The average molecular weight is 1260 g/mol. The van der Waals surface area contributed by atoms with Crippen molar-refractivity contribution in [3.63, 3.8) is 0 Å². The number of hydrogen-bond acceptors (Lipinski definition) is 2. The number of aromatic amines is 1. The van der Waals surface area contributed by atoms with Crippen LogP contribution in [0.2, 0.25) is 0 Å². The second-order valence-electron chi connectivity index (χ2n) is 24.1. The molecule has 0 saturated heterocycles. The van der Waals surface area contributed by atoms with Gasteiger partial charge < -0.3 is 18.4 Å². The summed E-state index contributed by atoms with van der Waals surface area (Å²) in [5, 5.41) is 21.0. The maximum Gasteiger partial charge on any atom is 0.0620 e. The SMILES string of the molecule is Brc1ccc2sc3ccccc3c2c1.c1ccc2c(c1)[nH]c1ccc(-c3ccc4c5cccc6c7ccccc7n(c4c3)c65)cc12.c1ccc2c(c1)sc1ccc(-n3c4ccccc4c4cc(-c5ccc6c7cccc8c9ccccc9n(c6c5)c87)ccc43)cc12. The molecule has 4 nitrogen and oxygen atoms in total. The van der Waals surface area contributed by atoms with Gasteiger partial charge in [0.2, 0.25) is 0 Å². The first kappa shape index (κ1) is 51.1. The molecular weight excluding hydrogens is 1210 g/mol. The predicted molar refractivity (Wildman–Crippen MR) is 397 cm³/mol. The quantitative estimate of drug-likeness (QED) is 0.183. The van der Waals surface area contributed by atoms with Crippen LogP contribution in [0.25, 0.3) is 188 Å². The standard InChI is InChI=1S/C42H24N2S.C30H18N2.C12H7BrS/c1-5-14-37-28(8-1)32-11-7-12-33-30-19-16-26(23-39(30)44(37)42(32)33)25-17-20-38-34(22-25)29-9-2-4-13-36(29)43(38)27-18-21-41-35(24-27)31-10-3-6-15-40(31)45-41;1-3-10-26-20(6-1)25-16-18(13-15-27(25)31-26)19-12-14-22-24-9-5-8-23-21-7-2-4-11-28(21)32(30(23)24)29(22)17-19;13-8-5-6-12-10(7-8)9-3-1-2-4-11(9)14-12/h1-24H;1-17,31H;1-7H. The molecule has 0 saturated carbocycles. The van der Waals surface area contributed by atoms with E-state index in [4.69, 9.17) is 0 Å². The van der Waals surface area contributed by atoms with Crippen LogP contribution < -0.4 is 0 Å². The maximum atomic E-state index is 3.54. The molecule has 0 aliphatic rings. The highest BCUT2D eigenvalue weighted by molar-refractivity contribution is 9.10. The van der Waals surface area contributed by atoms with E-state index in [-0.39, 0.29) is 0 Å². The number of rotatable bonds is 3. The van der Waals surface area contributed by atoms with Crippen LogP contribution >= 0.6 is 38.6 Å². The second kappa shape index (κ2) is 19.6. The smallest absolute Gasteiger partial charge is 0.0620 e. The first-order valence-corrected chi connectivity index (χ1v) is 33.3. The number of aromatic nitrogens is 4. The van der Waals surface area contributed by atoms with Crippen molar-refractivity contribution in [2.75, 3.05) is 0 Å². The molecule has 0 spiro atoms. The lowest BCUT2D eigenvalue weighted by Gasteiger charge is -2.09. The molecule has 0 fully saturated rings. The molecule has 14 aromatic carbocycles. The summed E-state index contributed by atoms with van der Waals surface area (Å²) >= 11 is 7.22. The highest BCUT2D eigenvalue weighted by Crippen LogP contribution is 2.45. The van der Waals surface area contributed by atoms with Gasteiger partial charge in [-0.15, -0.1) is 22.7 Å². The maximum absolute atomic E-state index is 3.54. The molecule has 424 valence electrons. The van der Waals surface area contributed by atoms with Gasteiger partial charge in [-0.1, -0.05) is 198 Å². The van der Waals surface area contributed by atoms with E-state index in [1.165, 1.54) is 188 Å². The van der Waals surface area contributed by atoms with Gasteiger partial charge in [0.1, 0.15) is 0 Å². The second-order valence-corrected chi connectivity index (χ2v) is 27.2. The third-order valence-corrected chi connectivity index (χ3v) is 22.0. The third kappa shape index (κ3) is 7.60. The Kier molecular flexibility index (Phi) is 11.0. The molecule has 0 bridgehead atoms. The molecular formula is C84H49BrN4S2. The first-order valence-electron chi connectivity index (χ1n) is 30.9. The molecule has 1 N–H and O–H groups in total. The van der Waals surface area contributed by atoms with Gasteiger partial charge in [0.25, 0.3) is 0 Å². The number of hydrogen-bond donors (Lipinski definition) is 1. The Morgan fingerprint density at radius 2 is 0.648 bits per heavy atom. The Morgan fingerprint density at radius 3 is 1.25 bits per heavy atom. The minimum Gasteiger partial charge on any atom is -0.355 e. The Labute approximate surface area is 536 Å². The van der Waals surface area contributed by atoms with Crippen LogP contribution in [0, 0.1) is 0 Å². The van der Waals surface area contributed by atoms with Crippen LogP contribution in [-0.2, 0) is 0 Å². The number of H-pyrrole nitrogens is 1. The van der Waals surface area contributed by atoms with Gasteiger partial charge in [0, 0.05) is 126 Å². The Hall–Kier alpha value is -10.8. The van der Waals surface area contributed by atoms with Gasteiger partial charge in [-0.05, 0) is 131 Å². The van der Waals surface area contributed by atoms with Crippen LogP contribution in [0.1, 0.15) is 0 Å². The van der Waals surface area contributed by atoms with E-state index in [9.17, 15) is 0 Å². The third-order valence-electron chi connectivity index (χ3n) is 19.2. The van der Waals surface area contributed by atoms with Crippen molar-refractivity contribution < 1.29 is 0 Å². The molecule has 0 radical (unpaired) electrons. The summed E-state index contributed by atoms with van der Waals surface area (Å²) in [6.45, 7) is 0. The zero-order valence-corrected chi connectivity index (χ0v) is 52.0. The molecule has 0 amide bonds. The molecule has 8 aromatic heterocycles. The van der Waals surface area contributed by atoms with Crippen LogP contribution in [-0.4, -0.2) is 18.4 Å². The Balaban J connectivity index is 0.000000108. The lowest BCUT2D eigenvalue weighted by atomic mass is 10.0. The molecule has 8 heterocycles. The lowest BCUT2D eigenvalue weighted by molar-refractivity contribution is 1.19. The minimum absolute atomic E-state index is 1.15. The summed E-state index contributed by atoms with van der Waals surface area (Å²) in [6.07, 6.45) is 0. The van der Waals surface area contributed by atoms with Crippen LogP contribution in [0.5, 0.6) is 0 Å². The molecule has 22 aromatic rings. The van der Waals surface area contributed by atoms with E-state index in [0.717, 1.165) is 4.47 Å². The Bertz CT molecular complexity index is 6750. The molecule has 91 heavy (non-hydrogen) atoms. The molecule has 0 aliphatic heterocycles. The molecule has 0 atom stereocenters. The molecule has 0 unspecified atom stereocenters. The highest BCUT2D eigenvalue weighted by Gasteiger charge is 2.21. The number of halogens is 1. The van der Waals surface area contributed by atoms with Gasteiger partial charge in [-0.3, -0.25) is 0 Å². The Morgan fingerprint density at radius 1 is 0.242 bits per heavy atom. The van der Waals surface area contributed by atoms with Gasteiger partial charge >= 0.3 is 0 Å². The minimum atomic E-state index is 1.15. The van der Waals surface area contributed by atoms with Gasteiger partial charge in [0.15, 0.2) is 0 Å². The van der Waals surface area contributed by atoms with E-state index < -0.39 is 0 Å². The number of thiophene rings is 2. The number of nitrogens with zero attached hydrogens (tertiary/aromatic N) is 3. The zero-order chi connectivity index (χ0) is 59.6. The summed E-state index contributed by atoms with van der Waals surface area (Å²) in [5.74, 6) is 0.